The van der Waals surface area contributed by atoms with Crippen molar-refractivity contribution in [2.24, 2.45) is 0 Å². The monoisotopic (exact) mass is 372 g/mol. The first-order chi connectivity index (χ1) is 13.6. The number of ether oxygens (including phenoxy) is 3. The van der Waals surface area contributed by atoms with Crippen LogP contribution in [0.15, 0.2) is 78.6 Å². The Morgan fingerprint density at radius 3 is 2.36 bits per heavy atom. The Bertz CT molecular complexity index is 1070. The van der Waals surface area contributed by atoms with Gasteiger partial charge in [-0.15, -0.1) is 0 Å². The van der Waals surface area contributed by atoms with E-state index in [4.69, 9.17) is 14.2 Å². The molecule has 1 heterocycles. The highest BCUT2D eigenvalue weighted by atomic mass is 16.5. The number of fused-ring (bicyclic) bond motifs is 1. The van der Waals surface area contributed by atoms with Crippen LogP contribution in [0.25, 0.3) is 6.08 Å². The predicted molar refractivity (Wildman–Crippen MR) is 104 cm³/mol. The quantitative estimate of drug-likeness (QED) is 0.382. The summed E-state index contributed by atoms with van der Waals surface area (Å²) in [7, 11) is 1.59. The van der Waals surface area contributed by atoms with Gasteiger partial charge in [-0.05, 0) is 48.0 Å². The first-order valence-electron chi connectivity index (χ1n) is 8.63. The predicted octanol–water partition coefficient (Wildman–Crippen LogP) is 4.53. The van der Waals surface area contributed by atoms with E-state index in [9.17, 15) is 9.59 Å². The highest BCUT2D eigenvalue weighted by Gasteiger charge is 2.28. The molecule has 0 radical (unpaired) electrons. The van der Waals surface area contributed by atoms with Crippen LogP contribution in [0.4, 0.5) is 0 Å². The molecule has 0 aromatic heterocycles. The molecule has 0 spiro atoms. The summed E-state index contributed by atoms with van der Waals surface area (Å²) in [6.45, 7) is 0. The largest absolute Gasteiger partial charge is 0.497 e. The Morgan fingerprint density at radius 1 is 0.929 bits per heavy atom. The molecule has 0 atom stereocenters. The minimum Gasteiger partial charge on any atom is -0.497 e. The summed E-state index contributed by atoms with van der Waals surface area (Å²) in [6.07, 6.45) is 1.66. The number of carbonyl (C=O) groups is 2. The SMILES string of the molecule is COc1ccc(/C=C2/Oc3cc(OC(=O)c4ccccc4)ccc3C2=O)cc1. The van der Waals surface area contributed by atoms with E-state index in [1.807, 2.05) is 18.2 Å². The van der Waals surface area contributed by atoms with Gasteiger partial charge in [0.15, 0.2) is 5.76 Å². The van der Waals surface area contributed by atoms with Gasteiger partial charge in [-0.25, -0.2) is 4.79 Å². The van der Waals surface area contributed by atoms with E-state index in [1.54, 1.807) is 67.8 Å². The van der Waals surface area contributed by atoms with Gasteiger partial charge in [0.25, 0.3) is 0 Å². The minimum atomic E-state index is -0.473. The van der Waals surface area contributed by atoms with Crippen molar-refractivity contribution in [3.63, 3.8) is 0 Å². The van der Waals surface area contributed by atoms with Crippen LogP contribution >= 0.6 is 0 Å². The van der Waals surface area contributed by atoms with Crippen LogP contribution in [0.3, 0.4) is 0 Å². The van der Waals surface area contributed by atoms with Crippen LogP contribution in [-0.2, 0) is 0 Å². The van der Waals surface area contributed by atoms with Crippen molar-refractivity contribution in [3.05, 3.63) is 95.2 Å². The maximum absolute atomic E-state index is 12.6. The summed E-state index contributed by atoms with van der Waals surface area (Å²) in [5.74, 6) is 0.931. The zero-order valence-corrected chi connectivity index (χ0v) is 15.0. The lowest BCUT2D eigenvalue weighted by atomic mass is 10.1. The summed E-state index contributed by atoms with van der Waals surface area (Å²) >= 11 is 0. The molecule has 3 aromatic rings. The van der Waals surface area contributed by atoms with E-state index < -0.39 is 5.97 Å². The molecule has 28 heavy (non-hydrogen) atoms. The van der Waals surface area contributed by atoms with E-state index in [-0.39, 0.29) is 11.5 Å². The second-order valence-corrected chi connectivity index (χ2v) is 6.13. The molecule has 0 saturated heterocycles. The van der Waals surface area contributed by atoms with Gasteiger partial charge in [0.05, 0.1) is 18.2 Å². The lowest BCUT2D eigenvalue weighted by Gasteiger charge is -2.05. The molecule has 138 valence electrons. The Balaban J connectivity index is 1.54. The van der Waals surface area contributed by atoms with E-state index >= 15 is 0 Å². The Hall–Kier alpha value is -3.86. The highest BCUT2D eigenvalue weighted by Crippen LogP contribution is 2.35. The fraction of sp³-hybridized carbons (Fsp3) is 0.0435. The molecule has 0 amide bonds. The van der Waals surface area contributed by atoms with Gasteiger partial charge < -0.3 is 14.2 Å². The van der Waals surface area contributed by atoms with Crippen molar-refractivity contribution >= 4 is 17.8 Å². The van der Waals surface area contributed by atoms with E-state index in [0.29, 0.717) is 22.6 Å². The molecule has 0 N–H and O–H groups in total. The number of benzene rings is 3. The molecule has 1 aliphatic rings. The minimum absolute atomic E-state index is 0.215. The maximum Gasteiger partial charge on any atom is 0.343 e. The number of hydrogen-bond donors (Lipinski definition) is 0. The molecule has 4 rings (SSSR count). The topological polar surface area (TPSA) is 61.8 Å². The van der Waals surface area contributed by atoms with Crippen molar-refractivity contribution in [1.29, 1.82) is 0 Å². The molecule has 0 unspecified atom stereocenters. The van der Waals surface area contributed by atoms with Crippen LogP contribution in [-0.4, -0.2) is 18.9 Å². The third-order valence-electron chi connectivity index (χ3n) is 4.28. The molecule has 0 bridgehead atoms. The Morgan fingerprint density at radius 2 is 1.64 bits per heavy atom. The number of esters is 1. The van der Waals surface area contributed by atoms with Crippen molar-refractivity contribution in [2.75, 3.05) is 7.11 Å². The number of carbonyl (C=O) groups excluding carboxylic acids is 2. The molecule has 5 nitrogen and oxygen atoms in total. The third-order valence-corrected chi connectivity index (χ3v) is 4.28. The van der Waals surface area contributed by atoms with E-state index in [2.05, 4.69) is 0 Å². The van der Waals surface area contributed by atoms with Gasteiger partial charge in [0.1, 0.15) is 17.2 Å². The molecular weight excluding hydrogens is 356 g/mol. The van der Waals surface area contributed by atoms with Crippen LogP contribution < -0.4 is 14.2 Å². The van der Waals surface area contributed by atoms with Gasteiger partial charge in [-0.3, -0.25) is 4.79 Å². The average Bonchev–Trinajstić information content (AvgIpc) is 3.04. The van der Waals surface area contributed by atoms with Crippen LogP contribution in [0.5, 0.6) is 17.2 Å². The van der Waals surface area contributed by atoms with Crippen molar-refractivity contribution in [3.8, 4) is 17.2 Å². The third kappa shape index (κ3) is 3.50. The van der Waals surface area contributed by atoms with E-state index in [0.717, 1.165) is 11.3 Å². The summed E-state index contributed by atoms with van der Waals surface area (Å²) in [4.78, 5) is 24.7. The number of allylic oxidation sites excluding steroid dienone is 1. The molecule has 0 saturated carbocycles. The van der Waals surface area contributed by atoms with Gasteiger partial charge in [-0.2, -0.15) is 0 Å². The lowest BCUT2D eigenvalue weighted by molar-refractivity contribution is 0.0734. The second-order valence-electron chi connectivity index (χ2n) is 6.13. The summed E-state index contributed by atoms with van der Waals surface area (Å²) in [6, 6.07) is 20.7. The summed E-state index contributed by atoms with van der Waals surface area (Å²) < 4.78 is 16.2. The Labute approximate surface area is 161 Å². The number of ketones is 1. The summed E-state index contributed by atoms with van der Waals surface area (Å²) in [5, 5.41) is 0. The van der Waals surface area contributed by atoms with Crippen LogP contribution in [0.2, 0.25) is 0 Å². The molecule has 5 heteroatoms. The van der Waals surface area contributed by atoms with Gasteiger partial charge in [-0.1, -0.05) is 30.3 Å². The summed E-state index contributed by atoms with van der Waals surface area (Å²) in [5.41, 5.74) is 1.69. The highest BCUT2D eigenvalue weighted by molar-refractivity contribution is 6.14. The second kappa shape index (κ2) is 7.40. The number of rotatable bonds is 4. The maximum atomic E-state index is 12.6. The van der Waals surface area contributed by atoms with Crippen molar-refractivity contribution in [2.45, 2.75) is 0 Å². The smallest absolute Gasteiger partial charge is 0.343 e. The van der Waals surface area contributed by atoms with Gasteiger partial charge in [0, 0.05) is 6.07 Å². The zero-order chi connectivity index (χ0) is 19.5. The number of hydrogen-bond acceptors (Lipinski definition) is 5. The fourth-order valence-electron chi connectivity index (χ4n) is 2.82. The van der Waals surface area contributed by atoms with Crippen molar-refractivity contribution in [1.82, 2.24) is 0 Å². The van der Waals surface area contributed by atoms with Gasteiger partial charge >= 0.3 is 5.97 Å². The zero-order valence-electron chi connectivity index (χ0n) is 15.0. The fourth-order valence-corrected chi connectivity index (χ4v) is 2.82. The van der Waals surface area contributed by atoms with Crippen LogP contribution in [0, 0.1) is 0 Å². The molecule has 0 aliphatic carbocycles. The van der Waals surface area contributed by atoms with E-state index in [1.165, 1.54) is 0 Å². The first-order valence-corrected chi connectivity index (χ1v) is 8.63. The number of methoxy groups -OCH3 is 1. The van der Waals surface area contributed by atoms with Crippen LogP contribution in [0.1, 0.15) is 26.3 Å². The lowest BCUT2D eigenvalue weighted by Crippen LogP contribution is -2.08. The normalized spacial score (nSPS) is 13.8. The van der Waals surface area contributed by atoms with Crippen molar-refractivity contribution < 1.29 is 23.8 Å². The average molecular weight is 372 g/mol. The molecule has 3 aromatic carbocycles. The van der Waals surface area contributed by atoms with Gasteiger partial charge in [0.2, 0.25) is 5.78 Å². The first kappa shape index (κ1) is 17.5. The standard InChI is InChI=1S/C23H16O5/c1-26-17-9-7-15(8-10-17)13-21-22(24)19-12-11-18(14-20(19)28-21)27-23(25)16-5-3-2-4-6-16/h2-14H,1H3/b21-13+. The molecule has 1 aliphatic heterocycles. The Kier molecular flexibility index (Phi) is 4.64. The number of Topliss-reactive ketones (excluding diaryl/α,β-unsaturated/α-hetero) is 1. The molecule has 0 fully saturated rings. The molecular formula is C23H16O5.